The summed E-state index contributed by atoms with van der Waals surface area (Å²) < 4.78 is 13.9. The lowest BCUT2D eigenvalue weighted by Crippen LogP contribution is -2.67. The predicted octanol–water partition coefficient (Wildman–Crippen LogP) is 6.26. The Hall–Kier alpha value is 0.230. The number of ether oxygens (including phenoxy) is 2. The summed E-state index contributed by atoms with van der Waals surface area (Å²) in [5.41, 5.74) is 1.08. The number of hydrogen-bond acceptors (Lipinski definition) is 6. The molecule has 1 heterocycles. The first-order chi connectivity index (χ1) is 20.6. The van der Waals surface area contributed by atoms with Crippen LogP contribution >= 0.6 is 22.6 Å². The topological polar surface area (TPSA) is 99.4 Å². The Balaban J connectivity index is 1.13. The maximum atomic E-state index is 10.9. The number of fused-ring (bicyclic) bond motifs is 8. The third-order valence-electron chi connectivity index (χ3n) is 16.6. The first kappa shape index (κ1) is 32.8. The van der Waals surface area contributed by atoms with Crippen molar-refractivity contribution in [3.8, 4) is 0 Å². The van der Waals surface area contributed by atoms with Gasteiger partial charge in [0, 0.05) is 10.3 Å². The summed E-state index contributed by atoms with van der Waals surface area (Å²) in [5.74, 6) is 2.83. The van der Waals surface area contributed by atoms with Crippen molar-refractivity contribution < 1.29 is 29.9 Å². The van der Waals surface area contributed by atoms with Crippen LogP contribution in [0.3, 0.4) is 0 Å². The Morgan fingerprint density at radius 1 is 0.909 bits per heavy atom. The third kappa shape index (κ3) is 3.98. The highest BCUT2D eigenvalue weighted by Gasteiger charge is 2.75. The van der Waals surface area contributed by atoms with Crippen LogP contribution in [0.5, 0.6) is 0 Å². The van der Waals surface area contributed by atoms with E-state index in [4.69, 9.17) is 9.47 Å². The van der Waals surface area contributed by atoms with E-state index in [1.165, 1.54) is 61.4 Å². The molecule has 0 aromatic heterocycles. The van der Waals surface area contributed by atoms with Crippen LogP contribution in [0.1, 0.15) is 106 Å². The summed E-state index contributed by atoms with van der Waals surface area (Å²) in [6.45, 7) is 19.3. The second-order valence-corrected chi connectivity index (χ2v) is 19.0. The van der Waals surface area contributed by atoms with Crippen molar-refractivity contribution in [2.45, 2.75) is 142 Å². The molecule has 0 radical (unpaired) electrons. The molecule has 0 amide bonds. The van der Waals surface area contributed by atoms with Crippen molar-refractivity contribution in [2.24, 2.45) is 62.6 Å². The van der Waals surface area contributed by atoms with Gasteiger partial charge in [-0.15, -0.1) is 0 Å². The highest BCUT2D eigenvalue weighted by atomic mass is 127. The standard InChI is InChI=1S/C37H59IO6/c1-20(2)21-10-15-36(19-38)17-16-34(6)22(27(21)36)8-9-25-33(5)13-12-26(32(3,4)24(33)11-14-35(25,34)7)43-31-28(40)29(41)37(42)23(18-39)30(37)44-31/h21-31,39-42H,1,8-19H2,2-7H3/t21-,22?,23?,24?,25?,26-,27?,28?,29?,30?,31?,33-,34+,35+,36+,37?/m0/s1. The van der Waals surface area contributed by atoms with Crippen molar-refractivity contribution in [2.75, 3.05) is 11.0 Å². The van der Waals surface area contributed by atoms with Gasteiger partial charge in [0.05, 0.1) is 12.7 Å². The van der Waals surface area contributed by atoms with Gasteiger partial charge in [0.1, 0.15) is 23.9 Å². The fourth-order valence-corrected chi connectivity index (χ4v) is 15.2. The Morgan fingerprint density at radius 3 is 2.30 bits per heavy atom. The van der Waals surface area contributed by atoms with Crippen LogP contribution in [0.4, 0.5) is 0 Å². The van der Waals surface area contributed by atoms with E-state index in [-0.39, 0.29) is 23.5 Å². The molecule has 10 unspecified atom stereocenters. The van der Waals surface area contributed by atoms with Gasteiger partial charge in [-0.3, -0.25) is 0 Å². The van der Waals surface area contributed by atoms with Gasteiger partial charge in [-0.05, 0) is 128 Å². The van der Waals surface area contributed by atoms with E-state index >= 15 is 0 Å². The first-order valence-corrected chi connectivity index (χ1v) is 19.3. The fourth-order valence-electron chi connectivity index (χ4n) is 13.9. The molecule has 6 aliphatic carbocycles. The summed E-state index contributed by atoms with van der Waals surface area (Å²) >= 11 is 2.71. The molecule has 0 bridgehead atoms. The maximum absolute atomic E-state index is 10.9. The average Bonchev–Trinajstić information content (AvgIpc) is 3.36. The van der Waals surface area contributed by atoms with Crippen LogP contribution in [0.2, 0.25) is 0 Å². The van der Waals surface area contributed by atoms with Gasteiger partial charge in [-0.2, -0.15) is 0 Å². The van der Waals surface area contributed by atoms with Crippen LogP contribution in [0, 0.1) is 62.6 Å². The Labute approximate surface area is 279 Å². The number of allylic oxidation sites excluding steroid dienone is 1. The highest BCUT2D eigenvalue weighted by molar-refractivity contribution is 14.1. The molecule has 6 nitrogen and oxygen atoms in total. The normalized spacial score (nSPS) is 59.0. The lowest BCUT2D eigenvalue weighted by Gasteiger charge is -2.73. The molecule has 7 aliphatic rings. The number of rotatable bonds is 5. The molecule has 7 heteroatoms. The van der Waals surface area contributed by atoms with Gasteiger partial charge in [0.25, 0.3) is 0 Å². The van der Waals surface area contributed by atoms with E-state index < -0.39 is 36.1 Å². The van der Waals surface area contributed by atoms with Crippen molar-refractivity contribution in [1.29, 1.82) is 0 Å². The van der Waals surface area contributed by atoms with Gasteiger partial charge in [0.15, 0.2) is 6.29 Å². The maximum Gasteiger partial charge on any atom is 0.186 e. The highest BCUT2D eigenvalue weighted by Crippen LogP contribution is 2.77. The van der Waals surface area contributed by atoms with Gasteiger partial charge in [0.2, 0.25) is 0 Å². The van der Waals surface area contributed by atoms with Crippen LogP contribution < -0.4 is 0 Å². The molecular weight excluding hydrogens is 667 g/mol. The van der Waals surface area contributed by atoms with Crippen LogP contribution in [0.25, 0.3) is 0 Å². The smallest absolute Gasteiger partial charge is 0.186 e. The zero-order valence-electron chi connectivity index (χ0n) is 28.0. The molecule has 16 atom stereocenters. The van der Waals surface area contributed by atoms with Crippen molar-refractivity contribution in [3.05, 3.63) is 12.2 Å². The minimum absolute atomic E-state index is 0.116. The SMILES string of the molecule is C=C(C)[C@@H]1CC[C@]2(CI)CC[C@]3(C)C(CCC4[C@@]5(C)CC[C@H](OC6OC7C(CO)C7(O)C(O)C6O)C(C)(C)C5CC[C@]43C)C12. The second-order valence-electron chi connectivity index (χ2n) is 18.2. The number of alkyl halides is 1. The Bertz CT molecular complexity index is 1180. The largest absolute Gasteiger partial charge is 0.396 e. The molecule has 0 aromatic rings. The molecule has 0 aromatic carbocycles. The average molecular weight is 727 g/mol. The summed E-state index contributed by atoms with van der Waals surface area (Å²) in [4.78, 5) is 0. The molecule has 7 rings (SSSR count). The first-order valence-electron chi connectivity index (χ1n) is 17.8. The number of halogens is 1. The summed E-state index contributed by atoms with van der Waals surface area (Å²) in [6.07, 6.45) is 8.02. The number of aliphatic hydroxyl groups excluding tert-OH is 3. The molecule has 0 spiro atoms. The molecule has 1 aliphatic heterocycles. The van der Waals surface area contributed by atoms with E-state index in [0.29, 0.717) is 34.0 Å². The van der Waals surface area contributed by atoms with Crippen LogP contribution in [-0.4, -0.2) is 67.8 Å². The number of hydrogen-bond donors (Lipinski definition) is 4. The second kappa shape index (κ2) is 10.4. The van der Waals surface area contributed by atoms with Crippen molar-refractivity contribution in [3.63, 3.8) is 0 Å². The molecule has 1 saturated heterocycles. The molecule has 6 saturated carbocycles. The van der Waals surface area contributed by atoms with E-state index in [0.717, 1.165) is 24.7 Å². The number of aliphatic hydroxyl groups is 4. The zero-order chi connectivity index (χ0) is 31.8. The zero-order valence-corrected chi connectivity index (χ0v) is 30.2. The fraction of sp³-hybridized carbons (Fsp3) is 0.946. The predicted molar refractivity (Wildman–Crippen MR) is 179 cm³/mol. The van der Waals surface area contributed by atoms with Gasteiger partial charge in [-0.25, -0.2) is 0 Å². The Kier molecular flexibility index (Phi) is 7.72. The lowest BCUT2D eigenvalue weighted by atomic mass is 9.32. The minimum Gasteiger partial charge on any atom is -0.396 e. The van der Waals surface area contributed by atoms with Gasteiger partial charge >= 0.3 is 0 Å². The minimum atomic E-state index is -1.59. The van der Waals surface area contributed by atoms with Crippen LogP contribution in [0.15, 0.2) is 12.2 Å². The van der Waals surface area contributed by atoms with Crippen LogP contribution in [-0.2, 0) is 9.47 Å². The summed E-state index contributed by atoms with van der Waals surface area (Å²) in [5, 5.41) is 42.1. The summed E-state index contributed by atoms with van der Waals surface area (Å²) in [7, 11) is 0. The van der Waals surface area contributed by atoms with E-state index in [9.17, 15) is 20.4 Å². The molecule has 44 heavy (non-hydrogen) atoms. The van der Waals surface area contributed by atoms with E-state index in [1.807, 2.05) is 0 Å². The van der Waals surface area contributed by atoms with Crippen molar-refractivity contribution in [1.82, 2.24) is 0 Å². The molecular formula is C37H59IO6. The van der Waals surface area contributed by atoms with Crippen molar-refractivity contribution >= 4 is 22.6 Å². The van der Waals surface area contributed by atoms with E-state index in [2.05, 4.69) is 70.7 Å². The lowest BCUT2D eigenvalue weighted by molar-refractivity contribution is -0.312. The third-order valence-corrected chi connectivity index (χ3v) is 18.1. The van der Waals surface area contributed by atoms with Gasteiger partial charge < -0.3 is 29.9 Å². The van der Waals surface area contributed by atoms with Gasteiger partial charge in [-0.1, -0.05) is 69.4 Å². The molecule has 4 N–H and O–H groups in total. The van der Waals surface area contributed by atoms with E-state index in [1.54, 1.807) is 0 Å². The quantitative estimate of drug-likeness (QED) is 0.116. The summed E-state index contributed by atoms with van der Waals surface area (Å²) in [6, 6.07) is 0. The molecule has 250 valence electrons. The molecule has 7 fully saturated rings. The Morgan fingerprint density at radius 2 is 1.64 bits per heavy atom. The monoisotopic (exact) mass is 726 g/mol.